The zero-order valence-electron chi connectivity index (χ0n) is 18.7. The van der Waals surface area contributed by atoms with Crippen molar-refractivity contribution in [2.75, 3.05) is 39.3 Å². The van der Waals surface area contributed by atoms with Crippen LogP contribution in [0.3, 0.4) is 0 Å². The first kappa shape index (κ1) is 31.9. The van der Waals surface area contributed by atoms with Crippen LogP contribution in [0.25, 0.3) is 0 Å². The van der Waals surface area contributed by atoms with E-state index in [1.54, 1.807) is 0 Å². The fourth-order valence-electron chi connectivity index (χ4n) is 3.34. The van der Waals surface area contributed by atoms with Gasteiger partial charge in [-0.25, -0.2) is 0 Å². The van der Waals surface area contributed by atoms with E-state index in [4.69, 9.17) is 5.11 Å². The van der Waals surface area contributed by atoms with Gasteiger partial charge in [0.2, 0.25) is 5.91 Å². The summed E-state index contributed by atoms with van der Waals surface area (Å²) in [5.41, 5.74) is 0. The van der Waals surface area contributed by atoms with Gasteiger partial charge in [-0.2, -0.15) is 0 Å². The van der Waals surface area contributed by atoms with Gasteiger partial charge in [-0.3, -0.25) is 9.59 Å². The van der Waals surface area contributed by atoms with Gasteiger partial charge in [0.1, 0.15) is 6.54 Å². The molecule has 0 fully saturated rings. The van der Waals surface area contributed by atoms with E-state index < -0.39 is 11.9 Å². The van der Waals surface area contributed by atoms with Crippen molar-refractivity contribution in [1.82, 2.24) is 5.32 Å². The van der Waals surface area contributed by atoms with Crippen LogP contribution in [0, 0.1) is 0 Å². The van der Waals surface area contributed by atoms with E-state index in [-0.39, 0.29) is 76.7 Å². The van der Waals surface area contributed by atoms with Crippen molar-refractivity contribution in [2.45, 2.75) is 64.7 Å². The first-order chi connectivity index (χ1) is 13.8. The Labute approximate surface area is 223 Å². The zero-order valence-corrected chi connectivity index (χ0v) is 21.9. The molecule has 0 saturated carbocycles. The van der Waals surface area contributed by atoms with Crippen LogP contribution in [0.15, 0.2) is 12.2 Å². The quantitative estimate of drug-likeness (QED) is 0.0885. The standard InChI is InChI=1S/C21H38N2O6.K/c1-2-3-4-5-10-19(25)22-13-16-23(17-18-24,14-8-6-11-20(26)27)15-9-7-12-21(28)29;/h3-4,24H,2,5-18H2,1H3,(H2-,22,25,26,27,28,29);/q;+1/b4-3+;. The molecule has 1 unspecified atom stereocenters. The molecule has 1 atom stereocenters. The number of nitrogens with zero attached hydrogens (tertiary/aromatic N) is 1. The Morgan fingerprint density at radius 3 is 2.10 bits per heavy atom. The fraction of sp³-hybridized carbons (Fsp3) is 0.762. The predicted octanol–water partition coefficient (Wildman–Crippen LogP) is -2.16. The molecule has 0 saturated heterocycles. The van der Waals surface area contributed by atoms with Crippen LogP contribution in [0.5, 0.6) is 0 Å². The summed E-state index contributed by atoms with van der Waals surface area (Å²) in [6.07, 6.45) is 8.62. The number of aliphatic hydroxyl groups is 1. The van der Waals surface area contributed by atoms with Crippen molar-refractivity contribution < 1.29 is 85.6 Å². The number of nitrogens with one attached hydrogen (secondary N) is 1. The number of carbonyl (C=O) groups excluding carboxylic acids is 2. The van der Waals surface area contributed by atoms with Crippen LogP contribution in [0.1, 0.15) is 64.7 Å². The van der Waals surface area contributed by atoms with E-state index in [9.17, 15) is 24.6 Å². The van der Waals surface area contributed by atoms with Crippen LogP contribution in [-0.4, -0.2) is 71.9 Å². The van der Waals surface area contributed by atoms with Crippen molar-refractivity contribution in [1.29, 1.82) is 0 Å². The molecule has 0 aromatic carbocycles. The summed E-state index contributed by atoms with van der Waals surface area (Å²) in [7, 11) is 0. The van der Waals surface area contributed by atoms with Crippen LogP contribution in [-0.2, 0) is 14.4 Å². The number of carbonyl (C=O) groups is 3. The van der Waals surface area contributed by atoms with E-state index in [0.29, 0.717) is 75.7 Å². The van der Waals surface area contributed by atoms with Gasteiger partial charge >= 0.3 is 57.4 Å². The van der Waals surface area contributed by atoms with E-state index >= 15 is 0 Å². The normalized spacial score (nSPS) is 12.9. The Bertz CT molecular complexity index is 492. The number of unbranched alkanes of at least 4 members (excludes halogenated alkanes) is 2. The summed E-state index contributed by atoms with van der Waals surface area (Å²) in [5.74, 6) is -1.92. The number of rotatable bonds is 19. The molecule has 0 heterocycles. The molecule has 0 rings (SSSR count). The molecule has 30 heavy (non-hydrogen) atoms. The zero-order chi connectivity index (χ0) is 22.0. The Kier molecular flexibility index (Phi) is 21.9. The second kappa shape index (κ2) is 20.6. The Morgan fingerprint density at radius 2 is 1.57 bits per heavy atom. The van der Waals surface area contributed by atoms with E-state index in [2.05, 4.69) is 5.32 Å². The summed E-state index contributed by atoms with van der Waals surface area (Å²) in [6.45, 7) is 4.97. The van der Waals surface area contributed by atoms with Gasteiger partial charge in [0.25, 0.3) is 0 Å². The molecule has 0 aromatic heterocycles. The van der Waals surface area contributed by atoms with E-state index in [1.165, 1.54) is 0 Å². The van der Waals surface area contributed by atoms with Gasteiger partial charge in [0.05, 0.1) is 32.8 Å². The van der Waals surface area contributed by atoms with Crippen molar-refractivity contribution in [3.63, 3.8) is 0 Å². The number of hydrogen-bond acceptors (Lipinski definition) is 5. The molecule has 0 aliphatic heterocycles. The van der Waals surface area contributed by atoms with Crippen molar-refractivity contribution in [3.05, 3.63) is 12.2 Å². The minimum atomic E-state index is -1.07. The van der Waals surface area contributed by atoms with Crippen molar-refractivity contribution in [2.24, 2.45) is 0 Å². The minimum Gasteiger partial charge on any atom is -0.550 e. The molecule has 168 valence electrons. The topological polar surface area (TPSA) is 127 Å². The first-order valence-corrected chi connectivity index (χ1v) is 10.6. The molecule has 0 spiro atoms. The number of aliphatic hydroxyl groups excluding tert-OH is 1. The Hall–Kier alpha value is -0.294. The molecule has 0 bridgehead atoms. The summed E-state index contributed by atoms with van der Waals surface area (Å²) >= 11 is 0. The summed E-state index contributed by atoms with van der Waals surface area (Å²) < 4.78 is 0.541. The van der Waals surface area contributed by atoms with E-state index in [0.717, 1.165) is 6.42 Å². The third-order valence-corrected chi connectivity index (χ3v) is 4.96. The average molecular weight is 454 g/mol. The summed E-state index contributed by atoms with van der Waals surface area (Å²) in [5, 5.41) is 31.9. The van der Waals surface area contributed by atoms with Gasteiger partial charge in [-0.1, -0.05) is 19.1 Å². The number of carboxylic acids is 2. The minimum absolute atomic E-state index is 0. The molecule has 8 nitrogen and oxygen atoms in total. The van der Waals surface area contributed by atoms with Gasteiger partial charge in [-0.15, -0.1) is 0 Å². The smallest absolute Gasteiger partial charge is 0.550 e. The summed E-state index contributed by atoms with van der Waals surface area (Å²) in [6, 6.07) is 0. The Morgan fingerprint density at radius 1 is 0.933 bits per heavy atom. The van der Waals surface area contributed by atoms with Gasteiger partial charge < -0.3 is 29.9 Å². The molecule has 3 N–H and O–H groups in total. The molecule has 0 aromatic rings. The SMILES string of the molecule is CC/C=C/CCC(=O)NCC[N+](CCO)(CCCCC(=O)[O-])CCCCC(=O)O.[K+]. The number of quaternary nitrogens is 1. The third kappa shape index (κ3) is 18.5. The number of allylic oxidation sites excluding steroid dienone is 2. The summed E-state index contributed by atoms with van der Waals surface area (Å²) in [4.78, 5) is 33.4. The monoisotopic (exact) mass is 453 g/mol. The number of hydrogen-bond donors (Lipinski definition) is 3. The predicted molar refractivity (Wildman–Crippen MR) is 109 cm³/mol. The number of aliphatic carboxylic acids is 2. The van der Waals surface area contributed by atoms with Gasteiger partial charge in [-0.05, 0) is 44.9 Å². The van der Waals surface area contributed by atoms with Gasteiger partial charge in [0.15, 0.2) is 0 Å². The van der Waals surface area contributed by atoms with Crippen LogP contribution in [0.4, 0.5) is 0 Å². The molecule has 9 heteroatoms. The van der Waals surface area contributed by atoms with Crippen molar-refractivity contribution >= 4 is 17.8 Å². The molecular formula is C21H38KN2O6+. The average Bonchev–Trinajstić information content (AvgIpc) is 2.66. The molecule has 0 radical (unpaired) electrons. The molecule has 0 aliphatic rings. The van der Waals surface area contributed by atoms with Crippen LogP contribution in [0.2, 0.25) is 0 Å². The maximum Gasteiger partial charge on any atom is 1.00 e. The number of carboxylic acid groups (broad SMARTS) is 2. The maximum absolute atomic E-state index is 12.0. The Balaban J connectivity index is 0. The van der Waals surface area contributed by atoms with Crippen LogP contribution < -0.4 is 61.8 Å². The molecule has 1 amide bonds. The second-order valence-electron chi connectivity index (χ2n) is 7.41. The molecular weight excluding hydrogens is 415 g/mol. The maximum atomic E-state index is 12.0. The first-order valence-electron chi connectivity index (χ1n) is 10.6. The fourth-order valence-corrected chi connectivity index (χ4v) is 3.34. The van der Waals surface area contributed by atoms with E-state index in [1.807, 2.05) is 19.1 Å². The third-order valence-electron chi connectivity index (χ3n) is 4.96. The van der Waals surface area contributed by atoms with Gasteiger partial charge in [0, 0.05) is 18.8 Å². The van der Waals surface area contributed by atoms with Crippen LogP contribution >= 0.6 is 0 Å². The van der Waals surface area contributed by atoms with Crippen molar-refractivity contribution in [3.8, 4) is 0 Å². The number of amides is 1. The molecule has 0 aliphatic carbocycles. The second-order valence-corrected chi connectivity index (χ2v) is 7.41. The largest absolute Gasteiger partial charge is 1.00 e.